The number of allylic oxidation sites excluding steroid dienone is 6. The third kappa shape index (κ3) is 6.24. The molecule has 42 heavy (non-hydrogen) atoms. The van der Waals surface area contributed by atoms with E-state index in [1.807, 2.05) is 0 Å². The van der Waals surface area contributed by atoms with E-state index in [0.29, 0.717) is 11.5 Å². The van der Waals surface area contributed by atoms with Crippen LogP contribution in [0.2, 0.25) is 0 Å². The zero-order valence-electron chi connectivity index (χ0n) is 26.3. The van der Waals surface area contributed by atoms with Crippen LogP contribution in [-0.4, -0.2) is 46.8 Å². The summed E-state index contributed by atoms with van der Waals surface area (Å²) in [7, 11) is 0. The number of rotatable bonds is 10. The van der Waals surface area contributed by atoms with E-state index in [0.717, 1.165) is 54.7 Å². The fourth-order valence-electron chi connectivity index (χ4n) is 8.16. The minimum atomic E-state index is 0.594. The van der Waals surface area contributed by atoms with Gasteiger partial charge in [-0.1, -0.05) is 80.4 Å². The Morgan fingerprint density at radius 1 is 1.12 bits per heavy atom. The lowest BCUT2D eigenvalue weighted by atomic mass is 9.71. The molecule has 6 rings (SSSR count). The molecule has 4 aliphatic carbocycles. The van der Waals surface area contributed by atoms with Gasteiger partial charge in [0.05, 0.1) is 4.99 Å². The Hall–Kier alpha value is -2.12. The molecule has 0 radical (unpaired) electrons. The van der Waals surface area contributed by atoms with Gasteiger partial charge in [0.15, 0.2) is 0 Å². The van der Waals surface area contributed by atoms with E-state index in [-0.39, 0.29) is 0 Å². The summed E-state index contributed by atoms with van der Waals surface area (Å²) in [5.74, 6) is 8.93. The summed E-state index contributed by atoms with van der Waals surface area (Å²) in [5.41, 5.74) is 9.64. The zero-order valence-corrected chi connectivity index (χ0v) is 27.8. The first-order valence-electron chi connectivity index (χ1n) is 16.2. The number of halogens is 1. The largest absolute Gasteiger partial charge is 0.333 e. The Bertz CT molecular complexity index is 1330. The molecule has 224 valence electrons. The normalized spacial score (nSPS) is 28.2. The highest BCUT2D eigenvalue weighted by Gasteiger charge is 2.72. The molecule has 1 saturated heterocycles. The van der Waals surface area contributed by atoms with E-state index in [1.54, 1.807) is 0 Å². The highest BCUT2D eigenvalue weighted by molar-refractivity contribution is 7.80. The number of hydrogen-bond acceptors (Lipinski definition) is 2. The Morgan fingerprint density at radius 2 is 1.86 bits per heavy atom. The van der Waals surface area contributed by atoms with Crippen LogP contribution in [0.4, 0.5) is 0 Å². The molecule has 1 aliphatic heterocycles. The lowest BCUT2D eigenvalue weighted by molar-refractivity contribution is 0.163. The number of hydrogen-bond donors (Lipinski definition) is 0. The van der Waals surface area contributed by atoms with Crippen molar-refractivity contribution >= 4 is 34.4 Å². The van der Waals surface area contributed by atoms with Crippen molar-refractivity contribution in [1.82, 2.24) is 9.80 Å². The van der Waals surface area contributed by atoms with Crippen molar-refractivity contribution in [2.24, 2.45) is 17.3 Å². The topological polar surface area (TPSA) is 6.48 Å². The zero-order chi connectivity index (χ0) is 29.9. The highest BCUT2D eigenvalue weighted by Crippen LogP contribution is 2.77. The van der Waals surface area contributed by atoms with Crippen molar-refractivity contribution < 1.29 is 0 Å². The van der Waals surface area contributed by atoms with Gasteiger partial charge in [0.1, 0.15) is 0 Å². The number of unbranched alkanes of at least 4 members (excludes halogenated alkanes) is 1. The summed E-state index contributed by atoms with van der Waals surface area (Å²) in [5, 5.41) is 0. The molecular formula is C38H49ClN2S. The molecule has 3 saturated carbocycles. The molecule has 4 heteroatoms. The van der Waals surface area contributed by atoms with Crippen molar-refractivity contribution in [2.45, 2.75) is 91.0 Å². The Labute approximate surface area is 266 Å². The lowest BCUT2D eigenvalue weighted by Crippen LogP contribution is -2.34. The first-order valence-corrected chi connectivity index (χ1v) is 17.4. The highest BCUT2D eigenvalue weighted by atomic mass is 35.5. The van der Waals surface area contributed by atoms with Gasteiger partial charge < -0.3 is 9.80 Å². The first kappa shape index (κ1) is 31.3. The monoisotopic (exact) mass is 600 g/mol. The van der Waals surface area contributed by atoms with Gasteiger partial charge in [0, 0.05) is 36.5 Å². The van der Waals surface area contributed by atoms with Crippen LogP contribution >= 0.6 is 23.8 Å². The molecular weight excluding hydrogens is 552 g/mol. The molecule has 0 N–H and O–H groups in total. The van der Waals surface area contributed by atoms with Crippen LogP contribution in [-0.2, 0) is 0 Å². The smallest absolute Gasteiger partial charge is 0.0871 e. The maximum Gasteiger partial charge on any atom is 0.0871 e. The number of nitrogens with zero attached hydrogens (tertiary/aromatic N) is 2. The number of alkyl halides is 1. The van der Waals surface area contributed by atoms with Crippen molar-refractivity contribution in [3.8, 4) is 11.8 Å². The van der Waals surface area contributed by atoms with E-state index in [4.69, 9.17) is 12.2 Å². The molecule has 0 amide bonds. The van der Waals surface area contributed by atoms with Crippen molar-refractivity contribution in [1.29, 1.82) is 0 Å². The number of thiocarbonyl (C=S) groups is 1. The van der Waals surface area contributed by atoms with Crippen molar-refractivity contribution in [2.75, 3.05) is 26.0 Å². The molecule has 4 unspecified atom stereocenters. The van der Waals surface area contributed by atoms with Gasteiger partial charge in [-0.3, -0.25) is 0 Å². The van der Waals surface area contributed by atoms with E-state index in [2.05, 4.69) is 97.0 Å². The Balaban J connectivity index is 0.00000173. The minimum absolute atomic E-state index is 0.594. The number of benzene rings is 1. The van der Waals surface area contributed by atoms with Gasteiger partial charge >= 0.3 is 0 Å². The van der Waals surface area contributed by atoms with Gasteiger partial charge in [0.2, 0.25) is 0 Å². The average molecular weight is 601 g/mol. The predicted octanol–water partition coefficient (Wildman–Crippen LogP) is 9.50. The van der Waals surface area contributed by atoms with Crippen LogP contribution in [0.15, 0.2) is 65.4 Å². The average Bonchev–Trinajstić information content (AvgIpc) is 3.48. The van der Waals surface area contributed by atoms with Gasteiger partial charge in [-0.15, -0.1) is 11.6 Å². The van der Waals surface area contributed by atoms with Crippen LogP contribution in [0.3, 0.4) is 0 Å². The second kappa shape index (κ2) is 13.7. The second-order valence-corrected chi connectivity index (χ2v) is 13.5. The molecule has 1 spiro atoms. The second-order valence-electron chi connectivity index (χ2n) is 13.0. The molecule has 4 fully saturated rings. The van der Waals surface area contributed by atoms with Gasteiger partial charge in [0.25, 0.3) is 0 Å². The van der Waals surface area contributed by atoms with Crippen LogP contribution in [0.1, 0.15) is 89.2 Å². The third-order valence-corrected chi connectivity index (χ3v) is 10.8. The van der Waals surface area contributed by atoms with E-state index < -0.39 is 0 Å². The lowest BCUT2D eigenvalue weighted by Gasteiger charge is -2.34. The SMILES string of the molecule is C=C1/C(=C/C2=C(C#CCCCN(CCC)CCC)C=C(c3ccc(C)cc3)C2)CC(=S)N1C1CC2CCC23CC13.CCl. The minimum Gasteiger partial charge on any atom is -0.333 e. The Kier molecular flexibility index (Phi) is 10.2. The summed E-state index contributed by atoms with van der Waals surface area (Å²) in [6.45, 7) is 14.8. The summed E-state index contributed by atoms with van der Waals surface area (Å²) in [4.78, 5) is 6.15. The van der Waals surface area contributed by atoms with E-state index in [9.17, 15) is 0 Å². The van der Waals surface area contributed by atoms with Crippen LogP contribution < -0.4 is 0 Å². The molecule has 5 aliphatic rings. The summed E-state index contributed by atoms with van der Waals surface area (Å²) in [6, 6.07) is 9.53. The van der Waals surface area contributed by atoms with Crippen LogP contribution in [0, 0.1) is 36.0 Å². The molecule has 0 aromatic heterocycles. The number of likely N-dealkylation sites (tertiary alicyclic amines) is 1. The molecule has 1 heterocycles. The van der Waals surface area contributed by atoms with Gasteiger partial charge in [-0.05, 0) is 124 Å². The molecule has 0 bridgehead atoms. The third-order valence-electron chi connectivity index (χ3n) is 10.4. The first-order chi connectivity index (χ1) is 20.4. The fourth-order valence-corrected chi connectivity index (χ4v) is 8.56. The van der Waals surface area contributed by atoms with Crippen molar-refractivity contribution in [3.63, 3.8) is 0 Å². The maximum atomic E-state index is 6.00. The summed E-state index contributed by atoms with van der Waals surface area (Å²) >= 11 is 10.6. The Morgan fingerprint density at radius 3 is 2.45 bits per heavy atom. The predicted molar refractivity (Wildman–Crippen MR) is 185 cm³/mol. The maximum absolute atomic E-state index is 6.00. The van der Waals surface area contributed by atoms with Gasteiger partial charge in [-0.2, -0.15) is 0 Å². The van der Waals surface area contributed by atoms with Crippen molar-refractivity contribution in [3.05, 3.63) is 76.5 Å². The van der Waals surface area contributed by atoms with Gasteiger partial charge in [-0.25, -0.2) is 0 Å². The molecule has 4 atom stereocenters. The molecule has 2 nitrogen and oxygen atoms in total. The van der Waals surface area contributed by atoms with Crippen LogP contribution in [0.5, 0.6) is 0 Å². The molecule has 1 aromatic rings. The number of aryl methyl sites for hydroxylation is 1. The standard InChI is InChI=1S/C37H46N2S.CH3Cl/c1-5-17-38(18-6-2)19-9-7-8-10-29-20-31(28-13-11-26(3)12-14-28)22-32(29)21-30-23-36(40)39(27(30)4)35-24-33-15-16-37(33)25-34(35)37;1-2/h11-14,20-21,33-35H,4-7,9,15-19,22-25H2,1-3H3;1H3/b30-21+;. The van der Waals surface area contributed by atoms with E-state index in [1.165, 1.54) is 91.4 Å². The molecule has 1 aromatic carbocycles. The quantitative estimate of drug-likeness (QED) is 0.114. The fraction of sp³-hybridized carbons (Fsp3) is 0.553. The summed E-state index contributed by atoms with van der Waals surface area (Å²) < 4.78 is 0. The summed E-state index contributed by atoms with van der Waals surface area (Å²) in [6.07, 6.45) is 18.1. The van der Waals surface area contributed by atoms with Crippen LogP contribution in [0.25, 0.3) is 5.57 Å². The van der Waals surface area contributed by atoms with E-state index >= 15 is 0 Å².